The van der Waals surface area contributed by atoms with Crippen molar-refractivity contribution < 1.29 is 14.9 Å². The van der Waals surface area contributed by atoms with E-state index in [1.807, 2.05) is 0 Å². The Bertz CT molecular complexity index is 87.7. The number of aliphatic hydroxyl groups excluding tert-OH is 2. The second-order valence-electron chi connectivity index (χ2n) is 2.49. The molecule has 0 aromatic carbocycles. The molecule has 4 heteroatoms. The summed E-state index contributed by atoms with van der Waals surface area (Å²) in [7, 11) is 1.59. The maximum absolute atomic E-state index is 9.12. The lowest BCUT2D eigenvalue weighted by Crippen LogP contribution is -2.42. The average Bonchev–Trinajstić information content (AvgIpc) is 1.87. The predicted molar refractivity (Wildman–Crippen MR) is 41.9 cm³/mol. The SMILES string of the molecule is COCCN(C(C)O)C(C)O. The summed E-state index contributed by atoms with van der Waals surface area (Å²) in [5, 5.41) is 18.2. The zero-order valence-corrected chi connectivity index (χ0v) is 7.32. The van der Waals surface area contributed by atoms with Crippen LogP contribution in [0.2, 0.25) is 0 Å². The Morgan fingerprint density at radius 1 is 1.27 bits per heavy atom. The number of hydrogen-bond acceptors (Lipinski definition) is 4. The van der Waals surface area contributed by atoms with Crippen LogP contribution in [0.4, 0.5) is 0 Å². The van der Waals surface area contributed by atoms with Gasteiger partial charge in [0, 0.05) is 13.7 Å². The molecule has 0 saturated heterocycles. The molecule has 0 bridgehead atoms. The van der Waals surface area contributed by atoms with Crippen LogP contribution in [0.25, 0.3) is 0 Å². The summed E-state index contributed by atoms with van der Waals surface area (Å²) in [6, 6.07) is 0. The predicted octanol–water partition coefficient (Wildman–Crippen LogP) is -0.389. The largest absolute Gasteiger partial charge is 0.383 e. The highest BCUT2D eigenvalue weighted by Crippen LogP contribution is 1.99. The van der Waals surface area contributed by atoms with Crippen LogP contribution in [0, 0.1) is 0 Å². The van der Waals surface area contributed by atoms with Gasteiger partial charge in [-0.15, -0.1) is 0 Å². The van der Waals surface area contributed by atoms with Crippen LogP contribution in [-0.4, -0.2) is 47.8 Å². The van der Waals surface area contributed by atoms with Gasteiger partial charge in [0.1, 0.15) is 12.5 Å². The summed E-state index contributed by atoms with van der Waals surface area (Å²) in [5.74, 6) is 0. The van der Waals surface area contributed by atoms with Crippen LogP contribution in [-0.2, 0) is 4.74 Å². The molecule has 2 N–H and O–H groups in total. The molecule has 4 nitrogen and oxygen atoms in total. The van der Waals surface area contributed by atoms with Crippen LogP contribution in [0.1, 0.15) is 13.8 Å². The minimum absolute atomic E-state index is 0.510. The Balaban J connectivity index is 3.70. The van der Waals surface area contributed by atoms with E-state index in [0.29, 0.717) is 13.2 Å². The van der Waals surface area contributed by atoms with Gasteiger partial charge >= 0.3 is 0 Å². The first kappa shape index (κ1) is 10.8. The average molecular weight is 163 g/mol. The Labute approximate surface area is 67.4 Å². The lowest BCUT2D eigenvalue weighted by Gasteiger charge is -2.27. The van der Waals surface area contributed by atoms with Gasteiger partial charge in [-0.1, -0.05) is 0 Å². The topological polar surface area (TPSA) is 52.9 Å². The van der Waals surface area contributed by atoms with Gasteiger partial charge in [-0.05, 0) is 13.8 Å². The van der Waals surface area contributed by atoms with E-state index >= 15 is 0 Å². The van der Waals surface area contributed by atoms with Gasteiger partial charge in [0.2, 0.25) is 0 Å². The van der Waals surface area contributed by atoms with E-state index in [1.54, 1.807) is 21.0 Å². The molecular weight excluding hydrogens is 146 g/mol. The third-order valence-corrected chi connectivity index (χ3v) is 1.51. The van der Waals surface area contributed by atoms with Crippen LogP contribution in [0.5, 0.6) is 0 Å². The number of hydrogen-bond donors (Lipinski definition) is 2. The molecule has 0 aliphatic heterocycles. The molecule has 68 valence electrons. The summed E-state index contributed by atoms with van der Waals surface area (Å²) in [5.41, 5.74) is 0. The Kier molecular flexibility index (Phi) is 5.41. The first-order valence-electron chi connectivity index (χ1n) is 3.70. The third-order valence-electron chi connectivity index (χ3n) is 1.51. The van der Waals surface area contributed by atoms with Gasteiger partial charge in [-0.25, -0.2) is 0 Å². The first-order chi connectivity index (χ1) is 5.09. The molecule has 0 amide bonds. The Morgan fingerprint density at radius 2 is 1.73 bits per heavy atom. The van der Waals surface area contributed by atoms with E-state index in [0.717, 1.165) is 0 Å². The van der Waals surface area contributed by atoms with Crippen molar-refractivity contribution in [1.29, 1.82) is 0 Å². The molecule has 0 aliphatic carbocycles. The maximum Gasteiger partial charge on any atom is 0.106 e. The lowest BCUT2D eigenvalue weighted by molar-refractivity contribution is -0.0914. The molecule has 0 spiro atoms. The van der Waals surface area contributed by atoms with E-state index in [1.165, 1.54) is 4.90 Å². The van der Waals surface area contributed by atoms with Crippen LogP contribution < -0.4 is 0 Å². The summed E-state index contributed by atoms with van der Waals surface area (Å²) < 4.78 is 4.81. The minimum Gasteiger partial charge on any atom is -0.383 e. The molecule has 0 aromatic heterocycles. The highest BCUT2D eigenvalue weighted by molar-refractivity contribution is 4.57. The molecule has 0 rings (SSSR count). The maximum atomic E-state index is 9.12. The lowest BCUT2D eigenvalue weighted by atomic mass is 10.4. The molecule has 2 unspecified atom stereocenters. The molecule has 2 atom stereocenters. The van der Waals surface area contributed by atoms with Crippen molar-refractivity contribution in [2.75, 3.05) is 20.3 Å². The number of rotatable bonds is 5. The van der Waals surface area contributed by atoms with Crippen LogP contribution >= 0.6 is 0 Å². The van der Waals surface area contributed by atoms with Crippen molar-refractivity contribution in [1.82, 2.24) is 4.90 Å². The van der Waals surface area contributed by atoms with Crippen LogP contribution in [0.15, 0.2) is 0 Å². The van der Waals surface area contributed by atoms with Gasteiger partial charge in [-0.3, -0.25) is 4.90 Å². The number of methoxy groups -OCH3 is 1. The summed E-state index contributed by atoms with van der Waals surface area (Å²) >= 11 is 0. The van der Waals surface area contributed by atoms with Gasteiger partial charge in [0.15, 0.2) is 0 Å². The van der Waals surface area contributed by atoms with Crippen molar-refractivity contribution in [2.24, 2.45) is 0 Å². The molecule has 0 aromatic rings. The molecule has 11 heavy (non-hydrogen) atoms. The molecule has 0 heterocycles. The normalized spacial score (nSPS) is 16.9. The van der Waals surface area contributed by atoms with Crippen LogP contribution in [0.3, 0.4) is 0 Å². The smallest absolute Gasteiger partial charge is 0.106 e. The van der Waals surface area contributed by atoms with Crippen molar-refractivity contribution in [3.63, 3.8) is 0 Å². The minimum atomic E-state index is -0.634. The van der Waals surface area contributed by atoms with Crippen molar-refractivity contribution in [3.8, 4) is 0 Å². The Morgan fingerprint density at radius 3 is 2.00 bits per heavy atom. The number of nitrogens with zero attached hydrogens (tertiary/aromatic N) is 1. The molecule has 0 aliphatic rings. The van der Waals surface area contributed by atoms with E-state index in [4.69, 9.17) is 14.9 Å². The standard InChI is InChI=1S/C7H17NO3/c1-6(9)8(7(2)10)4-5-11-3/h6-7,9-10H,4-5H2,1-3H3. The van der Waals surface area contributed by atoms with Gasteiger partial charge < -0.3 is 14.9 Å². The fourth-order valence-electron chi connectivity index (χ4n) is 0.883. The number of aliphatic hydroxyl groups is 2. The molecule has 0 radical (unpaired) electrons. The summed E-state index contributed by atoms with van der Waals surface area (Å²) in [4.78, 5) is 1.53. The highest BCUT2D eigenvalue weighted by Gasteiger charge is 2.14. The highest BCUT2D eigenvalue weighted by atomic mass is 16.5. The van der Waals surface area contributed by atoms with E-state index in [9.17, 15) is 0 Å². The van der Waals surface area contributed by atoms with Gasteiger partial charge in [0.05, 0.1) is 6.61 Å². The van der Waals surface area contributed by atoms with E-state index < -0.39 is 12.5 Å². The molecular formula is C7H17NO3. The van der Waals surface area contributed by atoms with E-state index in [-0.39, 0.29) is 0 Å². The fourth-order valence-corrected chi connectivity index (χ4v) is 0.883. The van der Waals surface area contributed by atoms with Gasteiger partial charge in [-0.2, -0.15) is 0 Å². The number of ether oxygens (including phenoxy) is 1. The Hall–Kier alpha value is -0.160. The van der Waals surface area contributed by atoms with Crippen molar-refractivity contribution in [3.05, 3.63) is 0 Å². The van der Waals surface area contributed by atoms with Gasteiger partial charge in [0.25, 0.3) is 0 Å². The zero-order valence-electron chi connectivity index (χ0n) is 7.32. The van der Waals surface area contributed by atoms with Crippen molar-refractivity contribution in [2.45, 2.75) is 26.3 Å². The summed E-state index contributed by atoms with van der Waals surface area (Å²) in [6.07, 6.45) is -1.27. The van der Waals surface area contributed by atoms with Crippen molar-refractivity contribution >= 4 is 0 Å². The monoisotopic (exact) mass is 163 g/mol. The summed E-state index contributed by atoms with van der Waals surface area (Å²) in [6.45, 7) is 4.27. The quantitative estimate of drug-likeness (QED) is 0.542. The first-order valence-corrected chi connectivity index (χ1v) is 3.70. The zero-order chi connectivity index (χ0) is 8.85. The molecule has 0 fully saturated rings. The molecule has 0 saturated carbocycles. The second kappa shape index (κ2) is 5.49. The fraction of sp³-hybridized carbons (Fsp3) is 1.00. The second-order valence-corrected chi connectivity index (χ2v) is 2.49. The van der Waals surface area contributed by atoms with E-state index in [2.05, 4.69) is 0 Å². The third kappa shape index (κ3) is 4.31.